The van der Waals surface area contributed by atoms with E-state index in [0.29, 0.717) is 30.7 Å². The highest BCUT2D eigenvalue weighted by molar-refractivity contribution is 5.74. The van der Waals surface area contributed by atoms with Crippen LogP contribution >= 0.6 is 0 Å². The summed E-state index contributed by atoms with van der Waals surface area (Å²) in [4.78, 5) is 18.3. The molecule has 1 aliphatic carbocycles. The normalized spacial score (nSPS) is 14.6. The van der Waals surface area contributed by atoms with E-state index < -0.39 is 0 Å². The van der Waals surface area contributed by atoms with Crippen molar-refractivity contribution in [2.75, 3.05) is 13.6 Å². The van der Waals surface area contributed by atoms with Gasteiger partial charge in [-0.2, -0.15) is 4.98 Å². The second-order valence-corrected chi connectivity index (χ2v) is 7.35. The number of urea groups is 1. The SMILES string of the molecule is CCc1ccc(OCc2nc(CCN(C)C(=O)NC3CCCCC3)no2)cc1. The number of hydrogen-bond acceptors (Lipinski definition) is 5. The van der Waals surface area contributed by atoms with Gasteiger partial charge in [-0.3, -0.25) is 0 Å². The van der Waals surface area contributed by atoms with Crippen molar-refractivity contribution in [1.82, 2.24) is 20.4 Å². The molecule has 7 heteroatoms. The van der Waals surface area contributed by atoms with Crippen molar-refractivity contribution in [3.63, 3.8) is 0 Å². The number of hydrogen-bond donors (Lipinski definition) is 1. The molecule has 2 aromatic rings. The van der Waals surface area contributed by atoms with Crippen LogP contribution in [0.2, 0.25) is 0 Å². The van der Waals surface area contributed by atoms with Crippen LogP contribution in [-0.2, 0) is 19.4 Å². The summed E-state index contributed by atoms with van der Waals surface area (Å²) in [6, 6.07) is 8.25. The Morgan fingerprint density at radius 3 is 2.71 bits per heavy atom. The molecular weight excluding hydrogens is 356 g/mol. The second-order valence-electron chi connectivity index (χ2n) is 7.35. The topological polar surface area (TPSA) is 80.5 Å². The van der Waals surface area contributed by atoms with Crippen molar-refractivity contribution in [2.45, 2.75) is 64.5 Å². The molecule has 1 aromatic carbocycles. The molecule has 152 valence electrons. The van der Waals surface area contributed by atoms with Crippen LogP contribution in [0.4, 0.5) is 4.79 Å². The van der Waals surface area contributed by atoms with E-state index in [4.69, 9.17) is 9.26 Å². The van der Waals surface area contributed by atoms with Gasteiger partial charge in [0.1, 0.15) is 5.75 Å². The van der Waals surface area contributed by atoms with Gasteiger partial charge < -0.3 is 19.5 Å². The highest BCUT2D eigenvalue weighted by Gasteiger charge is 2.18. The van der Waals surface area contributed by atoms with Gasteiger partial charge in [-0.05, 0) is 37.0 Å². The molecule has 0 bridgehead atoms. The lowest BCUT2D eigenvalue weighted by molar-refractivity contribution is 0.200. The first-order valence-corrected chi connectivity index (χ1v) is 10.2. The average Bonchev–Trinajstić information content (AvgIpc) is 3.19. The van der Waals surface area contributed by atoms with Gasteiger partial charge in [0.25, 0.3) is 5.89 Å². The molecule has 1 aromatic heterocycles. The molecule has 1 fully saturated rings. The maximum absolute atomic E-state index is 12.3. The third-order valence-corrected chi connectivity index (χ3v) is 5.15. The Labute approximate surface area is 166 Å². The molecule has 2 amide bonds. The van der Waals surface area contributed by atoms with E-state index in [9.17, 15) is 4.79 Å². The standard InChI is InChI=1S/C21H30N4O3/c1-3-16-9-11-18(12-10-16)27-15-20-23-19(24-28-20)13-14-25(2)21(26)22-17-7-5-4-6-8-17/h9-12,17H,3-8,13-15H2,1-2H3,(H,22,26). The Morgan fingerprint density at radius 2 is 2.00 bits per heavy atom. The third kappa shape index (κ3) is 5.97. The van der Waals surface area contributed by atoms with Crippen LogP contribution in [0.3, 0.4) is 0 Å². The summed E-state index contributed by atoms with van der Waals surface area (Å²) in [6.07, 6.45) is 7.37. The molecular formula is C21H30N4O3. The minimum atomic E-state index is -0.0329. The smallest absolute Gasteiger partial charge is 0.317 e. The molecule has 0 spiro atoms. The Kier molecular flexibility index (Phi) is 7.28. The highest BCUT2D eigenvalue weighted by atomic mass is 16.5. The Balaban J connectivity index is 1.40. The number of rotatable bonds is 8. The van der Waals surface area contributed by atoms with Crippen molar-refractivity contribution < 1.29 is 14.1 Å². The first kappa shape index (κ1) is 20.2. The molecule has 0 atom stereocenters. The lowest BCUT2D eigenvalue weighted by Crippen LogP contribution is -2.44. The molecule has 1 saturated carbocycles. The maximum Gasteiger partial charge on any atom is 0.317 e. The second kappa shape index (κ2) is 10.1. The molecule has 1 heterocycles. The van der Waals surface area contributed by atoms with Crippen molar-refractivity contribution in [3.05, 3.63) is 41.5 Å². The number of likely N-dealkylation sites (N-methyl/N-ethyl adjacent to an activating group) is 1. The van der Waals surface area contributed by atoms with E-state index in [2.05, 4.69) is 22.4 Å². The van der Waals surface area contributed by atoms with Crippen LogP contribution in [0.25, 0.3) is 0 Å². The Bertz CT molecular complexity index is 738. The number of nitrogens with one attached hydrogen (secondary N) is 1. The van der Waals surface area contributed by atoms with Gasteiger partial charge in [-0.25, -0.2) is 4.79 Å². The van der Waals surface area contributed by atoms with Gasteiger partial charge in [-0.1, -0.05) is 43.5 Å². The average molecular weight is 386 g/mol. The fraction of sp³-hybridized carbons (Fsp3) is 0.571. The first-order valence-electron chi connectivity index (χ1n) is 10.2. The summed E-state index contributed by atoms with van der Waals surface area (Å²) < 4.78 is 10.9. The largest absolute Gasteiger partial charge is 0.484 e. The summed E-state index contributed by atoms with van der Waals surface area (Å²) in [5.41, 5.74) is 1.27. The monoisotopic (exact) mass is 386 g/mol. The molecule has 1 aliphatic rings. The molecule has 0 aliphatic heterocycles. The quantitative estimate of drug-likeness (QED) is 0.748. The predicted octanol–water partition coefficient (Wildman–Crippen LogP) is 3.73. The highest BCUT2D eigenvalue weighted by Crippen LogP contribution is 2.17. The van der Waals surface area contributed by atoms with E-state index in [-0.39, 0.29) is 12.6 Å². The zero-order valence-electron chi connectivity index (χ0n) is 16.8. The van der Waals surface area contributed by atoms with Crippen LogP contribution in [0.5, 0.6) is 5.75 Å². The maximum atomic E-state index is 12.3. The number of aryl methyl sites for hydroxylation is 1. The molecule has 0 radical (unpaired) electrons. The Hall–Kier alpha value is -2.57. The van der Waals surface area contributed by atoms with E-state index >= 15 is 0 Å². The van der Waals surface area contributed by atoms with Crippen LogP contribution in [0, 0.1) is 0 Å². The summed E-state index contributed by atoms with van der Waals surface area (Å²) >= 11 is 0. The molecule has 28 heavy (non-hydrogen) atoms. The van der Waals surface area contributed by atoms with E-state index in [1.165, 1.54) is 24.8 Å². The van der Waals surface area contributed by atoms with Crippen LogP contribution < -0.4 is 10.1 Å². The van der Waals surface area contributed by atoms with E-state index in [1.54, 1.807) is 11.9 Å². The van der Waals surface area contributed by atoms with Crippen molar-refractivity contribution >= 4 is 6.03 Å². The number of carbonyl (C=O) groups excluding carboxylic acids is 1. The number of carbonyl (C=O) groups is 1. The van der Waals surface area contributed by atoms with Crippen molar-refractivity contribution in [1.29, 1.82) is 0 Å². The minimum Gasteiger partial charge on any atom is -0.484 e. The Morgan fingerprint density at radius 1 is 1.25 bits per heavy atom. The molecule has 0 unspecified atom stereocenters. The zero-order valence-corrected chi connectivity index (χ0v) is 16.8. The minimum absolute atomic E-state index is 0.0329. The van der Waals surface area contributed by atoms with Gasteiger partial charge in [0.05, 0.1) is 0 Å². The van der Waals surface area contributed by atoms with Crippen molar-refractivity contribution in [2.24, 2.45) is 0 Å². The lowest BCUT2D eigenvalue weighted by Gasteiger charge is -2.26. The summed E-state index contributed by atoms with van der Waals surface area (Å²) in [5.74, 6) is 1.79. The molecule has 3 rings (SSSR count). The van der Waals surface area contributed by atoms with Gasteiger partial charge in [0.2, 0.25) is 0 Å². The summed E-state index contributed by atoms with van der Waals surface area (Å²) in [6.45, 7) is 2.89. The van der Waals surface area contributed by atoms with Gasteiger partial charge >= 0.3 is 6.03 Å². The summed E-state index contributed by atoms with van der Waals surface area (Å²) in [5, 5.41) is 7.09. The fourth-order valence-electron chi connectivity index (χ4n) is 3.32. The number of nitrogens with zero attached hydrogens (tertiary/aromatic N) is 3. The number of ether oxygens (including phenoxy) is 1. The molecule has 1 N–H and O–H groups in total. The summed E-state index contributed by atoms with van der Waals surface area (Å²) in [7, 11) is 1.79. The third-order valence-electron chi connectivity index (χ3n) is 5.15. The molecule has 0 saturated heterocycles. The van der Waals surface area contributed by atoms with Gasteiger partial charge in [-0.15, -0.1) is 0 Å². The number of amides is 2. The van der Waals surface area contributed by atoms with E-state index in [0.717, 1.165) is 25.0 Å². The lowest BCUT2D eigenvalue weighted by atomic mass is 9.96. The zero-order chi connectivity index (χ0) is 19.8. The van der Waals surface area contributed by atoms with Gasteiger partial charge in [0, 0.05) is 26.1 Å². The van der Waals surface area contributed by atoms with Crippen LogP contribution in [-0.4, -0.2) is 40.7 Å². The predicted molar refractivity (Wildman–Crippen MR) is 106 cm³/mol. The van der Waals surface area contributed by atoms with Crippen LogP contribution in [0.1, 0.15) is 56.3 Å². The van der Waals surface area contributed by atoms with Crippen LogP contribution in [0.15, 0.2) is 28.8 Å². The number of benzene rings is 1. The molecule has 7 nitrogen and oxygen atoms in total. The van der Waals surface area contributed by atoms with Gasteiger partial charge in [0.15, 0.2) is 12.4 Å². The first-order chi connectivity index (χ1) is 13.6. The van der Waals surface area contributed by atoms with Crippen molar-refractivity contribution in [3.8, 4) is 5.75 Å². The number of aromatic nitrogens is 2. The van der Waals surface area contributed by atoms with E-state index in [1.807, 2.05) is 24.3 Å². The fourth-order valence-corrected chi connectivity index (χ4v) is 3.32.